The standard InChI is InChI=1S/C11H9Br2N3O2/c1-5-2-9(16-18-5)11(17)15-10-7(12)3-6(14)4-8(10)13/h2-4H,14H2,1H3,(H,15,17). The van der Waals surface area contributed by atoms with E-state index in [1.54, 1.807) is 25.1 Å². The molecule has 1 aromatic heterocycles. The van der Waals surface area contributed by atoms with E-state index in [1.807, 2.05) is 0 Å². The molecular formula is C11H9Br2N3O2. The monoisotopic (exact) mass is 373 g/mol. The topological polar surface area (TPSA) is 81.2 Å². The van der Waals surface area contributed by atoms with E-state index in [0.717, 1.165) is 0 Å². The summed E-state index contributed by atoms with van der Waals surface area (Å²) in [6, 6.07) is 4.97. The molecule has 2 rings (SSSR count). The Labute approximate surface area is 120 Å². The van der Waals surface area contributed by atoms with Crippen LogP contribution in [0.3, 0.4) is 0 Å². The zero-order valence-corrected chi connectivity index (χ0v) is 12.5. The largest absolute Gasteiger partial charge is 0.399 e. The molecule has 0 fully saturated rings. The highest BCUT2D eigenvalue weighted by Gasteiger charge is 2.15. The normalized spacial score (nSPS) is 10.4. The number of carbonyl (C=O) groups excluding carboxylic acids is 1. The minimum absolute atomic E-state index is 0.225. The SMILES string of the molecule is Cc1cc(C(=O)Nc2c(Br)cc(N)cc2Br)no1. The van der Waals surface area contributed by atoms with E-state index >= 15 is 0 Å². The van der Waals surface area contributed by atoms with Crippen molar-refractivity contribution in [2.24, 2.45) is 0 Å². The predicted octanol–water partition coefficient (Wildman–Crippen LogP) is 3.34. The second kappa shape index (κ2) is 5.11. The highest BCUT2D eigenvalue weighted by molar-refractivity contribution is 9.11. The quantitative estimate of drug-likeness (QED) is 0.790. The molecule has 18 heavy (non-hydrogen) atoms. The molecule has 0 atom stereocenters. The van der Waals surface area contributed by atoms with E-state index in [0.29, 0.717) is 26.1 Å². The van der Waals surface area contributed by atoms with Gasteiger partial charge in [0.25, 0.3) is 5.91 Å². The van der Waals surface area contributed by atoms with Crippen molar-refractivity contribution < 1.29 is 9.32 Å². The van der Waals surface area contributed by atoms with Gasteiger partial charge in [0.2, 0.25) is 0 Å². The molecule has 2 aromatic rings. The Bertz CT molecular complexity index is 587. The van der Waals surface area contributed by atoms with Crippen LogP contribution in [0.2, 0.25) is 0 Å². The van der Waals surface area contributed by atoms with Crippen molar-refractivity contribution in [1.29, 1.82) is 0 Å². The number of benzene rings is 1. The first kappa shape index (κ1) is 13.1. The van der Waals surface area contributed by atoms with Crippen molar-refractivity contribution in [3.05, 3.63) is 38.6 Å². The van der Waals surface area contributed by atoms with E-state index in [2.05, 4.69) is 42.3 Å². The van der Waals surface area contributed by atoms with Gasteiger partial charge in [-0.1, -0.05) is 5.16 Å². The lowest BCUT2D eigenvalue weighted by Crippen LogP contribution is -2.13. The van der Waals surface area contributed by atoms with Gasteiger partial charge in [0.15, 0.2) is 5.69 Å². The molecule has 1 heterocycles. The second-order valence-electron chi connectivity index (χ2n) is 3.64. The maximum Gasteiger partial charge on any atom is 0.277 e. The van der Waals surface area contributed by atoms with Crippen molar-refractivity contribution in [2.75, 3.05) is 11.1 Å². The zero-order valence-electron chi connectivity index (χ0n) is 9.33. The average Bonchev–Trinajstić information content (AvgIpc) is 2.70. The smallest absolute Gasteiger partial charge is 0.277 e. The maximum absolute atomic E-state index is 11.9. The number of hydrogen-bond donors (Lipinski definition) is 2. The van der Waals surface area contributed by atoms with Crippen LogP contribution in [-0.4, -0.2) is 11.1 Å². The van der Waals surface area contributed by atoms with Gasteiger partial charge in [-0.05, 0) is 50.9 Å². The molecule has 3 N–H and O–H groups in total. The van der Waals surface area contributed by atoms with Crippen LogP contribution in [0.5, 0.6) is 0 Å². The van der Waals surface area contributed by atoms with E-state index < -0.39 is 0 Å². The van der Waals surface area contributed by atoms with Crippen LogP contribution in [0.15, 0.2) is 31.7 Å². The predicted molar refractivity (Wildman–Crippen MR) is 75.4 cm³/mol. The number of rotatable bonds is 2. The summed E-state index contributed by atoms with van der Waals surface area (Å²) in [5.41, 5.74) is 7.08. The summed E-state index contributed by atoms with van der Waals surface area (Å²) in [6.45, 7) is 1.72. The first-order chi connectivity index (χ1) is 8.47. The molecular weight excluding hydrogens is 366 g/mol. The van der Waals surface area contributed by atoms with Crippen molar-refractivity contribution in [3.8, 4) is 0 Å². The summed E-state index contributed by atoms with van der Waals surface area (Å²) < 4.78 is 6.22. The minimum atomic E-state index is -0.349. The lowest BCUT2D eigenvalue weighted by atomic mass is 10.2. The fourth-order valence-corrected chi connectivity index (χ4v) is 2.78. The fraction of sp³-hybridized carbons (Fsp3) is 0.0909. The number of nitrogens with two attached hydrogens (primary N) is 1. The molecule has 5 nitrogen and oxygen atoms in total. The number of carbonyl (C=O) groups is 1. The Hall–Kier alpha value is -1.34. The Morgan fingerprint density at radius 3 is 2.44 bits per heavy atom. The van der Waals surface area contributed by atoms with Gasteiger partial charge in [-0.15, -0.1) is 0 Å². The fourth-order valence-electron chi connectivity index (χ4n) is 1.36. The number of halogens is 2. The van der Waals surface area contributed by atoms with Crippen LogP contribution in [0.25, 0.3) is 0 Å². The molecule has 0 aliphatic heterocycles. The van der Waals surface area contributed by atoms with Crippen LogP contribution in [0, 0.1) is 6.92 Å². The number of nitrogens with one attached hydrogen (secondary N) is 1. The molecule has 1 aromatic carbocycles. The van der Waals surface area contributed by atoms with Gasteiger partial charge in [-0.25, -0.2) is 0 Å². The second-order valence-corrected chi connectivity index (χ2v) is 5.35. The molecule has 0 bridgehead atoms. The Morgan fingerprint density at radius 2 is 1.94 bits per heavy atom. The number of amides is 1. The third-order valence-electron chi connectivity index (χ3n) is 2.16. The molecule has 0 radical (unpaired) electrons. The lowest BCUT2D eigenvalue weighted by Gasteiger charge is -2.09. The van der Waals surface area contributed by atoms with Crippen LogP contribution in [-0.2, 0) is 0 Å². The number of hydrogen-bond acceptors (Lipinski definition) is 4. The van der Waals surface area contributed by atoms with Crippen LogP contribution in [0.4, 0.5) is 11.4 Å². The molecule has 0 aliphatic carbocycles. The van der Waals surface area contributed by atoms with Gasteiger partial charge >= 0.3 is 0 Å². The highest BCUT2D eigenvalue weighted by Crippen LogP contribution is 2.33. The third kappa shape index (κ3) is 2.73. The van der Waals surface area contributed by atoms with Gasteiger partial charge in [0, 0.05) is 20.7 Å². The Balaban J connectivity index is 2.27. The van der Waals surface area contributed by atoms with Crippen LogP contribution < -0.4 is 11.1 Å². The van der Waals surface area contributed by atoms with Gasteiger partial charge in [0.05, 0.1) is 5.69 Å². The van der Waals surface area contributed by atoms with E-state index in [1.165, 1.54) is 0 Å². The van der Waals surface area contributed by atoms with Gasteiger partial charge < -0.3 is 15.6 Å². The number of aryl methyl sites for hydroxylation is 1. The lowest BCUT2D eigenvalue weighted by molar-refractivity contribution is 0.101. The van der Waals surface area contributed by atoms with Gasteiger partial charge in [0.1, 0.15) is 5.76 Å². The Kier molecular flexibility index (Phi) is 3.72. The summed E-state index contributed by atoms with van der Waals surface area (Å²) in [4.78, 5) is 11.9. The van der Waals surface area contributed by atoms with E-state index in [-0.39, 0.29) is 11.6 Å². The molecule has 7 heteroatoms. The molecule has 0 unspecified atom stereocenters. The molecule has 0 aliphatic rings. The molecule has 0 saturated carbocycles. The van der Waals surface area contributed by atoms with Gasteiger partial charge in [-0.2, -0.15) is 0 Å². The van der Waals surface area contributed by atoms with Crippen LogP contribution >= 0.6 is 31.9 Å². The maximum atomic E-state index is 11.9. The summed E-state index contributed by atoms with van der Waals surface area (Å²) >= 11 is 6.67. The van der Waals surface area contributed by atoms with Crippen molar-refractivity contribution >= 4 is 49.1 Å². The first-order valence-electron chi connectivity index (χ1n) is 4.96. The van der Waals surface area contributed by atoms with Crippen molar-refractivity contribution in [1.82, 2.24) is 5.16 Å². The minimum Gasteiger partial charge on any atom is -0.399 e. The van der Waals surface area contributed by atoms with Gasteiger partial charge in [-0.3, -0.25) is 4.79 Å². The van der Waals surface area contributed by atoms with Crippen LogP contribution in [0.1, 0.15) is 16.2 Å². The third-order valence-corrected chi connectivity index (χ3v) is 3.41. The highest BCUT2D eigenvalue weighted by atomic mass is 79.9. The number of nitrogens with zero attached hydrogens (tertiary/aromatic N) is 1. The zero-order chi connectivity index (χ0) is 13.3. The molecule has 0 spiro atoms. The summed E-state index contributed by atoms with van der Waals surface area (Å²) in [5.74, 6) is 0.230. The first-order valence-corrected chi connectivity index (χ1v) is 6.55. The number of anilines is 2. The summed E-state index contributed by atoms with van der Waals surface area (Å²) in [7, 11) is 0. The summed E-state index contributed by atoms with van der Waals surface area (Å²) in [6.07, 6.45) is 0. The average molecular weight is 375 g/mol. The number of aromatic nitrogens is 1. The van der Waals surface area contributed by atoms with E-state index in [4.69, 9.17) is 10.3 Å². The summed E-state index contributed by atoms with van der Waals surface area (Å²) in [5, 5.41) is 6.37. The molecule has 0 saturated heterocycles. The molecule has 1 amide bonds. The van der Waals surface area contributed by atoms with Crippen molar-refractivity contribution in [3.63, 3.8) is 0 Å². The van der Waals surface area contributed by atoms with Crippen molar-refractivity contribution in [2.45, 2.75) is 6.92 Å². The molecule has 94 valence electrons. The Morgan fingerprint density at radius 1 is 1.33 bits per heavy atom. The number of nitrogen functional groups attached to an aromatic ring is 1. The van der Waals surface area contributed by atoms with E-state index in [9.17, 15) is 4.79 Å².